The van der Waals surface area contributed by atoms with Gasteiger partial charge in [0.05, 0.1) is 9.82 Å². The van der Waals surface area contributed by atoms with Crippen LogP contribution in [0.3, 0.4) is 0 Å². The van der Waals surface area contributed by atoms with E-state index >= 15 is 0 Å². The Hall–Kier alpha value is -3.04. The van der Waals surface area contributed by atoms with E-state index in [-0.39, 0.29) is 22.7 Å². The largest absolute Gasteiger partial charge is 0.322 e. The standard InChI is InChI=1S/C18H17N3O5S/c1-12-9-14-10-13(5-6-17(14)20-18(12)22)7-8-19-27(25,26)16-4-2-3-15(11-16)21(23)24/h2-6,9-11,19H,7-8H2,1H3,(H,20,22). The van der Waals surface area contributed by atoms with Crippen LogP contribution in [-0.4, -0.2) is 24.9 Å². The van der Waals surface area contributed by atoms with Crippen molar-refractivity contribution in [2.45, 2.75) is 18.2 Å². The molecule has 0 aliphatic carbocycles. The highest BCUT2D eigenvalue weighted by Crippen LogP contribution is 2.17. The monoisotopic (exact) mass is 387 g/mol. The van der Waals surface area contributed by atoms with Crippen LogP contribution in [0.15, 0.2) is 58.2 Å². The summed E-state index contributed by atoms with van der Waals surface area (Å²) in [6.45, 7) is 1.86. The van der Waals surface area contributed by atoms with Crippen LogP contribution in [0, 0.1) is 17.0 Å². The number of nitrogens with one attached hydrogen (secondary N) is 2. The molecule has 3 rings (SSSR count). The molecule has 9 heteroatoms. The van der Waals surface area contributed by atoms with Crippen molar-refractivity contribution in [2.75, 3.05) is 6.54 Å². The number of pyridine rings is 1. The van der Waals surface area contributed by atoms with E-state index in [4.69, 9.17) is 0 Å². The van der Waals surface area contributed by atoms with E-state index in [1.54, 1.807) is 19.1 Å². The van der Waals surface area contributed by atoms with E-state index in [0.29, 0.717) is 17.5 Å². The number of fused-ring (bicyclic) bond motifs is 1. The van der Waals surface area contributed by atoms with Crippen LogP contribution >= 0.6 is 0 Å². The molecule has 0 amide bonds. The van der Waals surface area contributed by atoms with Crippen molar-refractivity contribution in [2.24, 2.45) is 0 Å². The normalized spacial score (nSPS) is 11.6. The molecule has 0 saturated carbocycles. The second kappa shape index (κ2) is 7.29. The maximum absolute atomic E-state index is 12.3. The molecule has 0 saturated heterocycles. The number of aryl methyl sites for hydroxylation is 1. The van der Waals surface area contributed by atoms with Gasteiger partial charge < -0.3 is 4.98 Å². The summed E-state index contributed by atoms with van der Waals surface area (Å²) in [5, 5.41) is 11.7. The molecule has 2 aromatic carbocycles. The van der Waals surface area contributed by atoms with Gasteiger partial charge >= 0.3 is 0 Å². The predicted octanol–water partition coefficient (Wildman–Crippen LogP) is 2.27. The fraction of sp³-hybridized carbons (Fsp3) is 0.167. The zero-order chi connectivity index (χ0) is 19.6. The Morgan fingerprint density at radius 2 is 1.93 bits per heavy atom. The number of hydrogen-bond acceptors (Lipinski definition) is 5. The van der Waals surface area contributed by atoms with Gasteiger partial charge in [-0.25, -0.2) is 13.1 Å². The maximum Gasteiger partial charge on any atom is 0.270 e. The number of non-ortho nitro benzene ring substituents is 1. The van der Waals surface area contributed by atoms with Crippen LogP contribution in [0.2, 0.25) is 0 Å². The molecule has 0 bridgehead atoms. The quantitative estimate of drug-likeness (QED) is 0.496. The van der Waals surface area contributed by atoms with Crippen molar-refractivity contribution in [1.29, 1.82) is 0 Å². The Bertz CT molecular complexity index is 1190. The van der Waals surface area contributed by atoms with Gasteiger partial charge in [0.25, 0.3) is 11.2 Å². The topological polar surface area (TPSA) is 122 Å². The lowest BCUT2D eigenvalue weighted by Crippen LogP contribution is -2.26. The second-order valence-electron chi connectivity index (χ2n) is 6.11. The third-order valence-corrected chi connectivity index (χ3v) is 5.60. The summed E-state index contributed by atoms with van der Waals surface area (Å²) in [6, 6.07) is 12.2. The van der Waals surface area contributed by atoms with Crippen molar-refractivity contribution in [3.63, 3.8) is 0 Å². The van der Waals surface area contributed by atoms with E-state index in [9.17, 15) is 23.3 Å². The molecule has 0 aliphatic rings. The Morgan fingerprint density at radius 1 is 1.15 bits per heavy atom. The van der Waals surface area contributed by atoms with E-state index in [0.717, 1.165) is 17.0 Å². The van der Waals surface area contributed by atoms with E-state index in [1.165, 1.54) is 18.2 Å². The van der Waals surface area contributed by atoms with Crippen molar-refractivity contribution < 1.29 is 13.3 Å². The van der Waals surface area contributed by atoms with E-state index in [2.05, 4.69) is 9.71 Å². The maximum atomic E-state index is 12.3. The highest BCUT2D eigenvalue weighted by molar-refractivity contribution is 7.89. The molecule has 1 aromatic heterocycles. The summed E-state index contributed by atoms with van der Waals surface area (Å²) >= 11 is 0. The predicted molar refractivity (Wildman–Crippen MR) is 101 cm³/mol. The first-order valence-corrected chi connectivity index (χ1v) is 9.61. The smallest absolute Gasteiger partial charge is 0.270 e. The Labute approximate surface area is 155 Å². The molecule has 0 radical (unpaired) electrons. The molecule has 0 atom stereocenters. The average Bonchev–Trinajstić information content (AvgIpc) is 2.63. The van der Waals surface area contributed by atoms with Crippen molar-refractivity contribution in [1.82, 2.24) is 9.71 Å². The molecule has 8 nitrogen and oxygen atoms in total. The Balaban J connectivity index is 1.72. The van der Waals surface area contributed by atoms with Crippen LogP contribution in [0.25, 0.3) is 10.9 Å². The zero-order valence-electron chi connectivity index (χ0n) is 14.4. The SMILES string of the molecule is Cc1cc2cc(CCNS(=O)(=O)c3cccc([N+](=O)[O-])c3)ccc2[nH]c1=O. The number of rotatable bonds is 6. The van der Waals surface area contributed by atoms with Gasteiger partial charge in [-0.05, 0) is 48.6 Å². The average molecular weight is 387 g/mol. The van der Waals surface area contributed by atoms with Gasteiger partial charge in [-0.2, -0.15) is 0 Å². The first-order valence-electron chi connectivity index (χ1n) is 8.13. The van der Waals surface area contributed by atoms with Crippen molar-refractivity contribution >= 4 is 26.6 Å². The lowest BCUT2D eigenvalue weighted by Gasteiger charge is -2.08. The van der Waals surface area contributed by atoms with Crippen LogP contribution in [0.5, 0.6) is 0 Å². The van der Waals surface area contributed by atoms with Crippen LogP contribution in [-0.2, 0) is 16.4 Å². The van der Waals surface area contributed by atoms with Gasteiger partial charge in [0.1, 0.15) is 0 Å². The number of nitro benzene ring substituents is 1. The molecule has 140 valence electrons. The van der Waals surface area contributed by atoms with Gasteiger partial charge in [-0.1, -0.05) is 12.1 Å². The lowest BCUT2D eigenvalue weighted by molar-refractivity contribution is -0.385. The van der Waals surface area contributed by atoms with Crippen molar-refractivity contribution in [3.8, 4) is 0 Å². The zero-order valence-corrected chi connectivity index (χ0v) is 15.2. The molecule has 3 aromatic rings. The number of sulfonamides is 1. The minimum atomic E-state index is -3.84. The summed E-state index contributed by atoms with van der Waals surface area (Å²) in [7, 11) is -3.84. The fourth-order valence-electron chi connectivity index (χ4n) is 2.70. The van der Waals surface area contributed by atoms with Crippen LogP contribution in [0.4, 0.5) is 5.69 Å². The van der Waals surface area contributed by atoms with Gasteiger partial charge in [-0.15, -0.1) is 0 Å². The van der Waals surface area contributed by atoms with E-state index in [1.807, 2.05) is 12.1 Å². The molecule has 27 heavy (non-hydrogen) atoms. The summed E-state index contributed by atoms with van der Waals surface area (Å²) in [5.41, 5.74) is 1.80. The second-order valence-corrected chi connectivity index (χ2v) is 7.87. The molecular weight excluding hydrogens is 370 g/mol. The van der Waals surface area contributed by atoms with Crippen molar-refractivity contribution in [3.05, 3.63) is 80.1 Å². The first kappa shape index (κ1) is 18.7. The highest BCUT2D eigenvalue weighted by Gasteiger charge is 2.17. The van der Waals surface area contributed by atoms with Crippen LogP contribution in [0.1, 0.15) is 11.1 Å². The summed E-state index contributed by atoms with van der Waals surface area (Å²) < 4.78 is 27.1. The lowest BCUT2D eigenvalue weighted by atomic mass is 10.1. The molecule has 1 heterocycles. The third-order valence-electron chi connectivity index (χ3n) is 4.14. The van der Waals surface area contributed by atoms with E-state index < -0.39 is 14.9 Å². The highest BCUT2D eigenvalue weighted by atomic mass is 32.2. The Morgan fingerprint density at radius 3 is 2.67 bits per heavy atom. The molecule has 0 unspecified atom stereocenters. The minimum Gasteiger partial charge on any atom is -0.322 e. The van der Waals surface area contributed by atoms with Gasteiger partial charge in [-0.3, -0.25) is 14.9 Å². The third kappa shape index (κ3) is 4.21. The number of hydrogen-bond donors (Lipinski definition) is 2. The number of nitrogens with zero attached hydrogens (tertiary/aromatic N) is 1. The minimum absolute atomic E-state index is 0.138. The van der Waals surface area contributed by atoms with Gasteiger partial charge in [0.15, 0.2) is 0 Å². The van der Waals surface area contributed by atoms with Crippen LogP contribution < -0.4 is 10.3 Å². The number of aromatic nitrogens is 1. The number of aromatic amines is 1. The molecular formula is C18H17N3O5S. The number of nitro groups is 1. The fourth-order valence-corrected chi connectivity index (χ4v) is 3.77. The summed E-state index contributed by atoms with van der Waals surface area (Å²) in [5.74, 6) is 0. The molecule has 0 aliphatic heterocycles. The molecule has 2 N–H and O–H groups in total. The number of benzene rings is 2. The number of H-pyrrole nitrogens is 1. The molecule has 0 spiro atoms. The van der Waals surface area contributed by atoms with Gasteiger partial charge in [0.2, 0.25) is 10.0 Å². The first-order chi connectivity index (χ1) is 12.8. The summed E-state index contributed by atoms with van der Waals surface area (Å²) in [6.07, 6.45) is 0.433. The summed E-state index contributed by atoms with van der Waals surface area (Å²) in [4.78, 5) is 24.4. The molecule has 0 fully saturated rings. The Kier molecular flexibility index (Phi) is 5.06. The van der Waals surface area contributed by atoms with Gasteiger partial charge in [0, 0.05) is 29.8 Å².